The number of benzene rings is 1. The molecule has 0 aliphatic carbocycles. The monoisotopic (exact) mass is 275 g/mol. The fourth-order valence-corrected chi connectivity index (χ4v) is 1.90. The molecule has 0 unspecified atom stereocenters. The van der Waals surface area contributed by atoms with E-state index in [4.69, 9.17) is 0 Å². The molecular formula is C15H18FN3O. The largest absolute Gasteiger partial charge is 0.351 e. The molecule has 1 aromatic heterocycles. The fourth-order valence-electron chi connectivity index (χ4n) is 1.90. The standard InChI is InChI=1S/C15H18FN3O/c1-19(2)9-3-8-17-15(20)13-7-5-11-4-6-12(16)10-14(11)18-13/h4-7,10H,3,8-9H2,1-2H3,(H,17,20). The molecule has 1 N–H and O–H groups in total. The minimum Gasteiger partial charge on any atom is -0.351 e. The van der Waals surface area contributed by atoms with Crippen LogP contribution in [-0.2, 0) is 0 Å². The highest BCUT2D eigenvalue weighted by Crippen LogP contribution is 2.14. The van der Waals surface area contributed by atoms with Crippen LogP contribution in [0, 0.1) is 5.82 Å². The average Bonchev–Trinajstić information content (AvgIpc) is 2.42. The number of rotatable bonds is 5. The maximum atomic E-state index is 13.1. The number of hydrogen-bond acceptors (Lipinski definition) is 3. The molecule has 106 valence electrons. The van der Waals surface area contributed by atoms with Gasteiger partial charge in [0.15, 0.2) is 0 Å². The van der Waals surface area contributed by atoms with Crippen LogP contribution in [0.2, 0.25) is 0 Å². The normalized spacial score (nSPS) is 11.0. The minimum absolute atomic E-state index is 0.227. The van der Waals surface area contributed by atoms with Crippen molar-refractivity contribution >= 4 is 16.8 Å². The number of nitrogens with one attached hydrogen (secondary N) is 1. The highest BCUT2D eigenvalue weighted by Gasteiger charge is 2.08. The molecule has 0 atom stereocenters. The first-order chi connectivity index (χ1) is 9.56. The molecule has 1 heterocycles. The SMILES string of the molecule is CN(C)CCCNC(=O)c1ccc2ccc(F)cc2n1. The van der Waals surface area contributed by atoms with Crippen LogP contribution in [0.3, 0.4) is 0 Å². The molecule has 5 heteroatoms. The summed E-state index contributed by atoms with van der Waals surface area (Å²) in [5.41, 5.74) is 0.805. The Morgan fingerprint density at radius 2 is 2.05 bits per heavy atom. The predicted octanol–water partition coefficient (Wildman–Crippen LogP) is 2.06. The highest BCUT2D eigenvalue weighted by molar-refractivity contribution is 5.94. The van der Waals surface area contributed by atoms with Crippen molar-refractivity contribution in [3.8, 4) is 0 Å². The van der Waals surface area contributed by atoms with E-state index in [0.29, 0.717) is 17.8 Å². The van der Waals surface area contributed by atoms with Crippen molar-refractivity contribution in [1.29, 1.82) is 0 Å². The van der Waals surface area contributed by atoms with Gasteiger partial charge in [-0.2, -0.15) is 0 Å². The minimum atomic E-state index is -0.353. The molecule has 0 bridgehead atoms. The van der Waals surface area contributed by atoms with E-state index in [1.807, 2.05) is 14.1 Å². The van der Waals surface area contributed by atoms with E-state index in [2.05, 4.69) is 15.2 Å². The van der Waals surface area contributed by atoms with Crippen molar-refractivity contribution in [3.05, 3.63) is 41.8 Å². The van der Waals surface area contributed by atoms with Crippen molar-refractivity contribution in [2.75, 3.05) is 27.2 Å². The van der Waals surface area contributed by atoms with Gasteiger partial charge in [0.1, 0.15) is 11.5 Å². The molecule has 2 aromatic rings. The summed E-state index contributed by atoms with van der Waals surface area (Å²) in [4.78, 5) is 18.2. The maximum Gasteiger partial charge on any atom is 0.269 e. The first-order valence-corrected chi connectivity index (χ1v) is 6.55. The van der Waals surface area contributed by atoms with E-state index < -0.39 is 0 Å². The second kappa shape index (κ2) is 6.43. The second-order valence-electron chi connectivity index (χ2n) is 4.95. The molecule has 0 spiro atoms. The Morgan fingerprint density at radius 1 is 1.30 bits per heavy atom. The summed E-state index contributed by atoms with van der Waals surface area (Å²) in [6.07, 6.45) is 0.876. The molecule has 4 nitrogen and oxygen atoms in total. The summed E-state index contributed by atoms with van der Waals surface area (Å²) in [5, 5.41) is 3.63. The van der Waals surface area contributed by atoms with Crippen molar-refractivity contribution in [1.82, 2.24) is 15.2 Å². The Labute approximate surface area is 117 Å². The van der Waals surface area contributed by atoms with Crippen LogP contribution in [-0.4, -0.2) is 43.0 Å². The lowest BCUT2D eigenvalue weighted by Gasteiger charge is -2.09. The van der Waals surface area contributed by atoms with Crippen molar-refractivity contribution in [2.24, 2.45) is 0 Å². The summed E-state index contributed by atoms with van der Waals surface area (Å²) in [5.74, 6) is -0.580. The molecule has 1 aromatic carbocycles. The Balaban J connectivity index is 2.03. The zero-order chi connectivity index (χ0) is 14.5. The van der Waals surface area contributed by atoms with Gasteiger partial charge in [-0.25, -0.2) is 9.37 Å². The summed E-state index contributed by atoms with van der Waals surface area (Å²) < 4.78 is 13.1. The highest BCUT2D eigenvalue weighted by atomic mass is 19.1. The Kier molecular flexibility index (Phi) is 4.63. The number of halogens is 1. The fraction of sp³-hybridized carbons (Fsp3) is 0.333. The van der Waals surface area contributed by atoms with Crippen LogP contribution < -0.4 is 5.32 Å². The molecule has 0 aliphatic rings. The number of fused-ring (bicyclic) bond motifs is 1. The topological polar surface area (TPSA) is 45.2 Å². The predicted molar refractivity (Wildman–Crippen MR) is 77.2 cm³/mol. The lowest BCUT2D eigenvalue weighted by molar-refractivity contribution is 0.0947. The van der Waals surface area contributed by atoms with E-state index in [-0.39, 0.29) is 11.7 Å². The second-order valence-corrected chi connectivity index (χ2v) is 4.95. The summed E-state index contributed by atoms with van der Waals surface area (Å²) in [6.45, 7) is 1.51. The van der Waals surface area contributed by atoms with Crippen molar-refractivity contribution in [3.63, 3.8) is 0 Å². The lowest BCUT2D eigenvalue weighted by atomic mass is 10.2. The first-order valence-electron chi connectivity index (χ1n) is 6.55. The number of pyridine rings is 1. The number of amides is 1. The van der Waals surface area contributed by atoms with Gasteiger partial charge >= 0.3 is 0 Å². The molecule has 1 amide bonds. The molecule has 0 saturated heterocycles. The zero-order valence-electron chi connectivity index (χ0n) is 11.7. The third-order valence-corrected chi connectivity index (χ3v) is 2.95. The van der Waals surface area contributed by atoms with E-state index in [1.54, 1.807) is 18.2 Å². The first kappa shape index (κ1) is 14.4. The van der Waals surface area contributed by atoms with Crippen molar-refractivity contribution in [2.45, 2.75) is 6.42 Å². The third-order valence-electron chi connectivity index (χ3n) is 2.95. The Bertz CT molecular complexity index is 613. The molecule has 20 heavy (non-hydrogen) atoms. The van der Waals surface area contributed by atoms with E-state index >= 15 is 0 Å². The quantitative estimate of drug-likeness (QED) is 0.850. The van der Waals surface area contributed by atoms with Crippen LogP contribution >= 0.6 is 0 Å². The van der Waals surface area contributed by atoms with Gasteiger partial charge < -0.3 is 10.2 Å². The van der Waals surface area contributed by atoms with Crippen molar-refractivity contribution < 1.29 is 9.18 Å². The van der Waals surface area contributed by atoms with Gasteiger partial charge in [0.05, 0.1) is 5.52 Å². The lowest BCUT2D eigenvalue weighted by Crippen LogP contribution is -2.27. The van der Waals surface area contributed by atoms with Gasteiger partial charge in [-0.05, 0) is 45.3 Å². The number of hydrogen-bond donors (Lipinski definition) is 1. The third kappa shape index (κ3) is 3.74. The van der Waals surface area contributed by atoms with Gasteiger partial charge in [-0.3, -0.25) is 4.79 Å². The smallest absolute Gasteiger partial charge is 0.269 e. The van der Waals surface area contributed by atoms with Crippen LogP contribution in [0.15, 0.2) is 30.3 Å². The zero-order valence-corrected chi connectivity index (χ0v) is 11.7. The maximum absolute atomic E-state index is 13.1. The van der Waals surface area contributed by atoms with Gasteiger partial charge in [0, 0.05) is 18.0 Å². The molecule has 0 fully saturated rings. The number of carbonyl (C=O) groups excluding carboxylic acids is 1. The molecular weight excluding hydrogens is 257 g/mol. The number of nitrogens with zero attached hydrogens (tertiary/aromatic N) is 2. The number of aromatic nitrogens is 1. The van der Waals surface area contributed by atoms with Gasteiger partial charge in [-0.1, -0.05) is 6.07 Å². The Hall–Kier alpha value is -2.01. The van der Waals surface area contributed by atoms with E-state index in [9.17, 15) is 9.18 Å². The Morgan fingerprint density at radius 3 is 2.80 bits per heavy atom. The van der Waals surface area contributed by atoms with Crippen LogP contribution in [0.5, 0.6) is 0 Å². The number of carbonyl (C=O) groups is 1. The van der Waals surface area contributed by atoms with E-state index in [1.165, 1.54) is 12.1 Å². The van der Waals surface area contributed by atoms with E-state index in [0.717, 1.165) is 18.4 Å². The summed E-state index contributed by atoms with van der Waals surface area (Å²) in [6, 6.07) is 7.79. The van der Waals surface area contributed by atoms with Crippen LogP contribution in [0.25, 0.3) is 10.9 Å². The molecule has 0 radical (unpaired) electrons. The average molecular weight is 275 g/mol. The van der Waals surface area contributed by atoms with Crippen LogP contribution in [0.4, 0.5) is 4.39 Å². The van der Waals surface area contributed by atoms with Crippen LogP contribution in [0.1, 0.15) is 16.9 Å². The van der Waals surface area contributed by atoms with Gasteiger partial charge in [0.2, 0.25) is 0 Å². The van der Waals surface area contributed by atoms with Gasteiger partial charge in [-0.15, -0.1) is 0 Å². The summed E-state index contributed by atoms with van der Waals surface area (Å²) >= 11 is 0. The molecule has 2 rings (SSSR count). The molecule has 0 aliphatic heterocycles. The van der Waals surface area contributed by atoms with Gasteiger partial charge in [0.25, 0.3) is 5.91 Å². The molecule has 0 saturated carbocycles. The summed E-state index contributed by atoms with van der Waals surface area (Å²) in [7, 11) is 3.97.